The zero-order chi connectivity index (χ0) is 12.6. The summed E-state index contributed by atoms with van der Waals surface area (Å²) in [5.41, 5.74) is 7.68. The molecule has 0 atom stereocenters. The second kappa shape index (κ2) is 4.49. The van der Waals surface area contributed by atoms with E-state index in [1.54, 1.807) is 6.26 Å². The molecule has 0 radical (unpaired) electrons. The SMILES string of the molecule is Cc1occc1-c1nc(N)c(Br)c(C(C)C)n1. The first-order valence-electron chi connectivity index (χ1n) is 5.38. The molecule has 0 saturated heterocycles. The summed E-state index contributed by atoms with van der Waals surface area (Å²) in [5.74, 6) is 2.14. The minimum Gasteiger partial charge on any atom is -0.469 e. The van der Waals surface area contributed by atoms with Crippen molar-refractivity contribution in [3.8, 4) is 11.4 Å². The van der Waals surface area contributed by atoms with Crippen LogP contribution in [0, 0.1) is 6.92 Å². The Kier molecular flexibility index (Phi) is 3.19. The molecule has 2 heterocycles. The van der Waals surface area contributed by atoms with Crippen LogP contribution in [-0.2, 0) is 0 Å². The van der Waals surface area contributed by atoms with Gasteiger partial charge in [-0.25, -0.2) is 9.97 Å². The number of hydrogen-bond donors (Lipinski definition) is 1. The molecule has 0 aliphatic heterocycles. The largest absolute Gasteiger partial charge is 0.469 e. The maximum atomic E-state index is 5.89. The van der Waals surface area contributed by atoms with Crippen molar-refractivity contribution in [1.82, 2.24) is 9.97 Å². The highest BCUT2D eigenvalue weighted by Gasteiger charge is 2.16. The normalized spacial score (nSPS) is 11.1. The lowest BCUT2D eigenvalue weighted by molar-refractivity contribution is 0.535. The maximum Gasteiger partial charge on any atom is 0.165 e. The van der Waals surface area contributed by atoms with Crippen molar-refractivity contribution < 1.29 is 4.42 Å². The molecular weight excluding hydrogens is 282 g/mol. The van der Waals surface area contributed by atoms with Gasteiger partial charge in [0.1, 0.15) is 11.6 Å². The van der Waals surface area contributed by atoms with Gasteiger partial charge >= 0.3 is 0 Å². The van der Waals surface area contributed by atoms with Crippen LogP contribution in [0.4, 0.5) is 5.82 Å². The predicted molar refractivity (Wildman–Crippen MR) is 70.7 cm³/mol. The lowest BCUT2D eigenvalue weighted by atomic mass is 10.1. The highest BCUT2D eigenvalue weighted by molar-refractivity contribution is 9.10. The summed E-state index contributed by atoms with van der Waals surface area (Å²) in [6, 6.07) is 1.85. The number of rotatable bonds is 2. The maximum absolute atomic E-state index is 5.89. The van der Waals surface area contributed by atoms with Crippen LogP contribution in [0.1, 0.15) is 31.2 Å². The topological polar surface area (TPSA) is 64.9 Å². The van der Waals surface area contributed by atoms with E-state index in [2.05, 4.69) is 39.7 Å². The van der Waals surface area contributed by atoms with Crippen molar-refractivity contribution in [2.45, 2.75) is 26.7 Å². The quantitative estimate of drug-likeness (QED) is 0.921. The van der Waals surface area contributed by atoms with Crippen LogP contribution < -0.4 is 5.73 Å². The van der Waals surface area contributed by atoms with Gasteiger partial charge in [-0.1, -0.05) is 13.8 Å². The molecule has 0 aromatic carbocycles. The van der Waals surface area contributed by atoms with Gasteiger partial charge in [-0.2, -0.15) is 0 Å². The van der Waals surface area contributed by atoms with Gasteiger partial charge in [0.2, 0.25) is 0 Å². The van der Waals surface area contributed by atoms with Gasteiger partial charge in [0.05, 0.1) is 22.0 Å². The van der Waals surface area contributed by atoms with Gasteiger partial charge in [-0.3, -0.25) is 0 Å². The van der Waals surface area contributed by atoms with E-state index in [-0.39, 0.29) is 5.92 Å². The van der Waals surface area contributed by atoms with Crippen LogP contribution in [0.2, 0.25) is 0 Å². The molecule has 0 aliphatic rings. The van der Waals surface area contributed by atoms with E-state index in [4.69, 9.17) is 10.2 Å². The lowest BCUT2D eigenvalue weighted by Crippen LogP contribution is -2.04. The van der Waals surface area contributed by atoms with Crippen molar-refractivity contribution >= 4 is 21.7 Å². The van der Waals surface area contributed by atoms with Crippen LogP contribution in [0.15, 0.2) is 21.2 Å². The van der Waals surface area contributed by atoms with Gasteiger partial charge in [-0.05, 0) is 34.8 Å². The van der Waals surface area contributed by atoms with Gasteiger partial charge in [0.15, 0.2) is 5.82 Å². The van der Waals surface area contributed by atoms with Crippen LogP contribution in [0.3, 0.4) is 0 Å². The summed E-state index contributed by atoms with van der Waals surface area (Å²) < 4.78 is 6.03. The highest BCUT2D eigenvalue weighted by Crippen LogP contribution is 2.30. The number of hydrogen-bond acceptors (Lipinski definition) is 4. The Morgan fingerprint density at radius 2 is 2.06 bits per heavy atom. The number of nitrogens with two attached hydrogens (primary N) is 1. The zero-order valence-corrected chi connectivity index (χ0v) is 11.6. The number of aryl methyl sites for hydroxylation is 1. The fourth-order valence-electron chi connectivity index (χ4n) is 1.60. The molecule has 2 N–H and O–H groups in total. The van der Waals surface area contributed by atoms with E-state index in [1.165, 1.54) is 0 Å². The average Bonchev–Trinajstić information content (AvgIpc) is 2.68. The highest BCUT2D eigenvalue weighted by atomic mass is 79.9. The summed E-state index contributed by atoms with van der Waals surface area (Å²) >= 11 is 3.42. The summed E-state index contributed by atoms with van der Waals surface area (Å²) in [5, 5.41) is 0. The van der Waals surface area contributed by atoms with Crippen LogP contribution in [0.25, 0.3) is 11.4 Å². The molecule has 2 aromatic heterocycles. The zero-order valence-electron chi connectivity index (χ0n) is 9.99. The van der Waals surface area contributed by atoms with Crippen molar-refractivity contribution in [2.75, 3.05) is 5.73 Å². The second-order valence-corrected chi connectivity index (χ2v) is 4.97. The smallest absolute Gasteiger partial charge is 0.165 e. The Morgan fingerprint density at radius 3 is 2.59 bits per heavy atom. The molecule has 0 aliphatic carbocycles. The monoisotopic (exact) mass is 295 g/mol. The van der Waals surface area contributed by atoms with Crippen molar-refractivity contribution in [1.29, 1.82) is 0 Å². The number of aromatic nitrogens is 2. The number of nitrogen functional groups attached to an aromatic ring is 1. The average molecular weight is 296 g/mol. The van der Waals surface area contributed by atoms with Crippen LogP contribution in [0.5, 0.6) is 0 Å². The Balaban J connectivity index is 2.61. The first kappa shape index (κ1) is 12.1. The third kappa shape index (κ3) is 2.20. The van der Waals surface area contributed by atoms with Crippen molar-refractivity contribution in [3.63, 3.8) is 0 Å². The Labute approximate surface area is 108 Å². The Bertz CT molecular complexity index is 549. The molecule has 0 spiro atoms. The first-order valence-corrected chi connectivity index (χ1v) is 6.17. The molecule has 0 amide bonds. The van der Waals surface area contributed by atoms with Gasteiger partial charge in [-0.15, -0.1) is 0 Å². The lowest BCUT2D eigenvalue weighted by Gasteiger charge is -2.11. The molecular formula is C12H14BrN3O. The molecule has 90 valence electrons. The van der Waals surface area contributed by atoms with Crippen molar-refractivity contribution in [2.24, 2.45) is 0 Å². The third-order valence-corrected chi connectivity index (χ3v) is 3.36. The van der Waals surface area contributed by atoms with Crippen LogP contribution >= 0.6 is 15.9 Å². The molecule has 5 heteroatoms. The first-order chi connectivity index (χ1) is 8.00. The number of furan rings is 1. The van der Waals surface area contributed by atoms with Gasteiger partial charge < -0.3 is 10.2 Å². The second-order valence-electron chi connectivity index (χ2n) is 4.18. The standard InChI is InChI=1S/C12H14BrN3O/c1-6(2)10-9(13)11(14)16-12(15-10)8-4-5-17-7(8)3/h4-6H,1-3H3,(H2,14,15,16). The number of nitrogens with zero attached hydrogens (tertiary/aromatic N) is 2. The van der Waals surface area contributed by atoms with Gasteiger partial charge in [0, 0.05) is 0 Å². The summed E-state index contributed by atoms with van der Waals surface area (Å²) in [4.78, 5) is 8.82. The molecule has 2 aromatic rings. The molecule has 0 bridgehead atoms. The minimum absolute atomic E-state index is 0.278. The molecule has 0 saturated carbocycles. The molecule has 0 fully saturated rings. The number of halogens is 1. The summed E-state index contributed by atoms with van der Waals surface area (Å²) in [6.45, 7) is 6.02. The Hall–Kier alpha value is -1.36. The fourth-order valence-corrected chi connectivity index (χ4v) is 2.24. The van der Waals surface area contributed by atoms with E-state index in [0.29, 0.717) is 11.6 Å². The molecule has 0 unspecified atom stereocenters. The van der Waals surface area contributed by atoms with E-state index >= 15 is 0 Å². The van der Waals surface area contributed by atoms with E-state index in [1.807, 2.05) is 13.0 Å². The molecule has 2 rings (SSSR count). The summed E-state index contributed by atoms with van der Waals surface area (Å²) in [6.07, 6.45) is 1.63. The van der Waals surface area contributed by atoms with E-state index in [9.17, 15) is 0 Å². The Morgan fingerprint density at radius 1 is 1.35 bits per heavy atom. The van der Waals surface area contributed by atoms with Gasteiger partial charge in [0.25, 0.3) is 0 Å². The third-order valence-electron chi connectivity index (χ3n) is 2.55. The molecule has 17 heavy (non-hydrogen) atoms. The predicted octanol–water partition coefficient (Wildman–Crippen LogP) is 3.51. The van der Waals surface area contributed by atoms with E-state index in [0.717, 1.165) is 21.5 Å². The van der Waals surface area contributed by atoms with Crippen molar-refractivity contribution in [3.05, 3.63) is 28.3 Å². The molecule has 4 nitrogen and oxygen atoms in total. The van der Waals surface area contributed by atoms with Crippen LogP contribution in [-0.4, -0.2) is 9.97 Å². The minimum atomic E-state index is 0.278. The van der Waals surface area contributed by atoms with E-state index < -0.39 is 0 Å². The number of anilines is 1. The summed E-state index contributed by atoms with van der Waals surface area (Å²) in [7, 11) is 0. The fraction of sp³-hybridized carbons (Fsp3) is 0.333.